The first-order valence-electron chi connectivity index (χ1n) is 6.31. The van der Waals surface area contributed by atoms with Crippen LogP contribution in [0, 0.1) is 5.41 Å². The van der Waals surface area contributed by atoms with Gasteiger partial charge in [-0.15, -0.1) is 12.4 Å². The largest absolute Gasteiger partial charge is 0.387 e. The molecule has 0 bridgehead atoms. The van der Waals surface area contributed by atoms with E-state index in [0.717, 1.165) is 24.9 Å². The summed E-state index contributed by atoms with van der Waals surface area (Å²) in [4.78, 5) is 12.1. The van der Waals surface area contributed by atoms with Crippen LogP contribution in [-0.4, -0.2) is 30.6 Å². The molecule has 0 radical (unpaired) electrons. The first-order valence-corrected chi connectivity index (χ1v) is 7.25. The zero-order chi connectivity index (χ0) is 13.0. The van der Waals surface area contributed by atoms with E-state index in [1.807, 2.05) is 23.8 Å². The standard InChI is InChI=1S/C13H20N2O2S.ClH/c1-13(4-2-5-14-9-13)12(17)15-7-11(16)10-3-6-18-8-10;/h3,6,8,11,14,16H,2,4-5,7,9H2,1H3,(H,15,17);1H. The van der Waals surface area contributed by atoms with E-state index in [-0.39, 0.29) is 30.3 Å². The van der Waals surface area contributed by atoms with Gasteiger partial charge in [-0.05, 0) is 48.7 Å². The Balaban J connectivity index is 0.00000180. The molecule has 0 aliphatic carbocycles. The molecular formula is C13H21ClN2O2S. The maximum atomic E-state index is 12.1. The van der Waals surface area contributed by atoms with E-state index in [1.54, 1.807) is 11.3 Å². The van der Waals surface area contributed by atoms with E-state index < -0.39 is 6.10 Å². The molecule has 1 aliphatic heterocycles. The van der Waals surface area contributed by atoms with Crippen molar-refractivity contribution in [1.29, 1.82) is 0 Å². The van der Waals surface area contributed by atoms with Crippen LogP contribution in [0.2, 0.25) is 0 Å². The molecule has 1 aliphatic rings. The van der Waals surface area contributed by atoms with Gasteiger partial charge in [0, 0.05) is 13.1 Å². The minimum absolute atomic E-state index is 0. The molecule has 1 aromatic heterocycles. The summed E-state index contributed by atoms with van der Waals surface area (Å²) in [5.41, 5.74) is 0.527. The van der Waals surface area contributed by atoms with Gasteiger partial charge < -0.3 is 15.7 Å². The highest BCUT2D eigenvalue weighted by Gasteiger charge is 2.34. The minimum atomic E-state index is -0.611. The highest BCUT2D eigenvalue weighted by atomic mass is 35.5. The maximum Gasteiger partial charge on any atom is 0.227 e. The summed E-state index contributed by atoms with van der Waals surface area (Å²) in [7, 11) is 0. The Morgan fingerprint density at radius 3 is 3.05 bits per heavy atom. The summed E-state index contributed by atoms with van der Waals surface area (Å²) < 4.78 is 0. The molecule has 1 fully saturated rings. The van der Waals surface area contributed by atoms with Crippen molar-refractivity contribution in [1.82, 2.24) is 10.6 Å². The lowest BCUT2D eigenvalue weighted by Crippen LogP contribution is -2.49. The van der Waals surface area contributed by atoms with Crippen LogP contribution in [0.3, 0.4) is 0 Å². The van der Waals surface area contributed by atoms with Gasteiger partial charge in [-0.1, -0.05) is 0 Å². The zero-order valence-corrected chi connectivity index (χ0v) is 12.6. The Morgan fingerprint density at radius 1 is 1.68 bits per heavy atom. The molecule has 3 N–H and O–H groups in total. The predicted molar refractivity (Wildman–Crippen MR) is 79.7 cm³/mol. The van der Waals surface area contributed by atoms with Crippen LogP contribution < -0.4 is 10.6 Å². The lowest BCUT2D eigenvalue weighted by atomic mass is 9.82. The summed E-state index contributed by atoms with van der Waals surface area (Å²) in [6.45, 7) is 3.96. The fraction of sp³-hybridized carbons (Fsp3) is 0.615. The molecule has 108 valence electrons. The summed E-state index contributed by atoms with van der Waals surface area (Å²) >= 11 is 1.55. The van der Waals surface area contributed by atoms with E-state index in [1.165, 1.54) is 0 Å². The second kappa shape index (κ2) is 7.24. The summed E-state index contributed by atoms with van der Waals surface area (Å²) in [5, 5.41) is 19.9. The van der Waals surface area contributed by atoms with Gasteiger partial charge in [-0.3, -0.25) is 4.79 Å². The molecule has 2 unspecified atom stereocenters. The van der Waals surface area contributed by atoms with Gasteiger partial charge in [0.1, 0.15) is 0 Å². The Morgan fingerprint density at radius 2 is 2.47 bits per heavy atom. The van der Waals surface area contributed by atoms with Crippen LogP contribution in [-0.2, 0) is 4.79 Å². The molecule has 2 heterocycles. The number of rotatable bonds is 4. The molecular weight excluding hydrogens is 284 g/mol. The molecule has 0 spiro atoms. The summed E-state index contributed by atoms with van der Waals surface area (Å²) in [5.74, 6) is 0.0315. The molecule has 2 rings (SSSR count). The van der Waals surface area contributed by atoms with Crippen LogP contribution in [0.1, 0.15) is 31.4 Å². The number of amides is 1. The molecule has 4 nitrogen and oxygen atoms in total. The van der Waals surface area contributed by atoms with Gasteiger partial charge in [-0.25, -0.2) is 0 Å². The van der Waals surface area contributed by atoms with Crippen molar-refractivity contribution in [2.24, 2.45) is 5.41 Å². The molecule has 19 heavy (non-hydrogen) atoms. The van der Waals surface area contributed by atoms with Crippen LogP contribution in [0.4, 0.5) is 0 Å². The number of thiophene rings is 1. The molecule has 1 aromatic rings. The van der Waals surface area contributed by atoms with Crippen molar-refractivity contribution in [3.05, 3.63) is 22.4 Å². The van der Waals surface area contributed by atoms with Crippen molar-refractivity contribution < 1.29 is 9.90 Å². The average Bonchev–Trinajstić information content (AvgIpc) is 2.90. The maximum absolute atomic E-state index is 12.1. The van der Waals surface area contributed by atoms with E-state index in [2.05, 4.69) is 10.6 Å². The molecule has 0 aromatic carbocycles. The smallest absolute Gasteiger partial charge is 0.227 e. The number of nitrogens with one attached hydrogen (secondary N) is 2. The summed E-state index contributed by atoms with van der Waals surface area (Å²) in [6.07, 6.45) is 1.32. The van der Waals surface area contributed by atoms with Crippen molar-refractivity contribution in [3.8, 4) is 0 Å². The monoisotopic (exact) mass is 304 g/mol. The first kappa shape index (κ1) is 16.4. The lowest BCUT2D eigenvalue weighted by Gasteiger charge is -2.32. The van der Waals surface area contributed by atoms with E-state index in [0.29, 0.717) is 6.54 Å². The minimum Gasteiger partial charge on any atom is -0.387 e. The Bertz CT molecular complexity index is 391. The number of carbonyl (C=O) groups excluding carboxylic acids is 1. The fourth-order valence-corrected chi connectivity index (χ4v) is 2.94. The molecule has 1 saturated heterocycles. The lowest BCUT2D eigenvalue weighted by molar-refractivity contribution is -0.131. The van der Waals surface area contributed by atoms with Crippen LogP contribution in [0.15, 0.2) is 16.8 Å². The van der Waals surface area contributed by atoms with E-state index in [4.69, 9.17) is 0 Å². The van der Waals surface area contributed by atoms with Crippen molar-refractivity contribution in [2.75, 3.05) is 19.6 Å². The van der Waals surface area contributed by atoms with Gasteiger partial charge in [0.05, 0.1) is 11.5 Å². The average molecular weight is 305 g/mol. The van der Waals surface area contributed by atoms with Gasteiger partial charge in [-0.2, -0.15) is 11.3 Å². The molecule has 6 heteroatoms. The Labute approximate surface area is 124 Å². The number of aliphatic hydroxyl groups excluding tert-OH is 1. The third-order valence-electron chi connectivity index (χ3n) is 3.53. The molecule has 0 saturated carbocycles. The number of piperidine rings is 1. The van der Waals surface area contributed by atoms with Crippen LogP contribution >= 0.6 is 23.7 Å². The quantitative estimate of drug-likeness (QED) is 0.793. The topological polar surface area (TPSA) is 61.4 Å². The molecule has 2 atom stereocenters. The second-order valence-corrected chi connectivity index (χ2v) is 5.90. The highest BCUT2D eigenvalue weighted by Crippen LogP contribution is 2.25. The zero-order valence-electron chi connectivity index (χ0n) is 11.0. The third-order valence-corrected chi connectivity index (χ3v) is 4.23. The number of hydrogen-bond donors (Lipinski definition) is 3. The fourth-order valence-electron chi connectivity index (χ4n) is 2.24. The molecule has 1 amide bonds. The van der Waals surface area contributed by atoms with Gasteiger partial charge in [0.15, 0.2) is 0 Å². The van der Waals surface area contributed by atoms with E-state index >= 15 is 0 Å². The number of halogens is 1. The van der Waals surface area contributed by atoms with E-state index in [9.17, 15) is 9.90 Å². The van der Waals surface area contributed by atoms with Crippen molar-refractivity contribution >= 4 is 29.7 Å². The van der Waals surface area contributed by atoms with Crippen LogP contribution in [0.25, 0.3) is 0 Å². The Hall–Kier alpha value is -0.620. The third kappa shape index (κ3) is 4.18. The normalized spacial score (nSPS) is 24.3. The first-order chi connectivity index (χ1) is 8.62. The SMILES string of the molecule is CC1(C(=O)NCC(O)c2ccsc2)CCCNC1.Cl. The van der Waals surface area contributed by atoms with Gasteiger partial charge in [0.2, 0.25) is 5.91 Å². The van der Waals surface area contributed by atoms with Crippen molar-refractivity contribution in [2.45, 2.75) is 25.9 Å². The number of hydrogen-bond acceptors (Lipinski definition) is 4. The van der Waals surface area contributed by atoms with Crippen LogP contribution in [0.5, 0.6) is 0 Å². The predicted octanol–water partition coefficient (Wildman–Crippen LogP) is 1.71. The summed E-state index contributed by atoms with van der Waals surface area (Å²) in [6, 6.07) is 1.88. The number of carbonyl (C=O) groups is 1. The van der Waals surface area contributed by atoms with Crippen molar-refractivity contribution in [3.63, 3.8) is 0 Å². The highest BCUT2D eigenvalue weighted by molar-refractivity contribution is 7.07. The van der Waals surface area contributed by atoms with Gasteiger partial charge in [0.25, 0.3) is 0 Å². The Kier molecular flexibility index (Phi) is 6.26. The number of aliphatic hydroxyl groups is 1. The second-order valence-electron chi connectivity index (χ2n) is 5.12. The van der Waals surface area contributed by atoms with Gasteiger partial charge >= 0.3 is 0 Å².